The number of nitrogens with one attached hydrogen (secondary N) is 1. The SMILES string of the molecule is NC(=O)C=CC1=CC=CNO1. The lowest BCUT2D eigenvalue weighted by atomic mass is 10.3. The highest BCUT2D eigenvalue weighted by molar-refractivity contribution is 5.86. The van der Waals surface area contributed by atoms with E-state index in [2.05, 4.69) is 5.48 Å². The Hall–Kier alpha value is -1.71. The lowest BCUT2D eigenvalue weighted by molar-refractivity contribution is -0.113. The molecule has 0 atom stereocenters. The van der Waals surface area contributed by atoms with Crippen LogP contribution in [0.25, 0.3) is 0 Å². The molecule has 0 radical (unpaired) electrons. The van der Waals surface area contributed by atoms with Crippen molar-refractivity contribution in [1.29, 1.82) is 0 Å². The van der Waals surface area contributed by atoms with Gasteiger partial charge in [0.2, 0.25) is 5.91 Å². The second kappa shape index (κ2) is 3.46. The zero-order valence-electron chi connectivity index (χ0n) is 5.78. The van der Waals surface area contributed by atoms with Crippen LogP contribution < -0.4 is 11.2 Å². The predicted molar refractivity (Wildman–Crippen MR) is 39.8 cm³/mol. The third kappa shape index (κ3) is 2.57. The molecule has 0 aromatic heterocycles. The molecule has 0 fully saturated rings. The van der Waals surface area contributed by atoms with Gasteiger partial charge in [0, 0.05) is 12.3 Å². The molecule has 0 spiro atoms. The molecule has 58 valence electrons. The van der Waals surface area contributed by atoms with Crippen molar-refractivity contribution < 1.29 is 9.63 Å². The van der Waals surface area contributed by atoms with Crippen LogP contribution in [0.3, 0.4) is 0 Å². The van der Waals surface area contributed by atoms with Gasteiger partial charge in [0.15, 0.2) is 5.76 Å². The van der Waals surface area contributed by atoms with Crippen LogP contribution in [0.1, 0.15) is 0 Å². The number of rotatable bonds is 2. The van der Waals surface area contributed by atoms with Gasteiger partial charge in [0.25, 0.3) is 0 Å². The molecule has 0 aromatic carbocycles. The van der Waals surface area contributed by atoms with Crippen LogP contribution >= 0.6 is 0 Å². The molecule has 1 heterocycles. The van der Waals surface area contributed by atoms with Crippen molar-refractivity contribution >= 4 is 5.91 Å². The molecule has 0 aromatic rings. The van der Waals surface area contributed by atoms with Gasteiger partial charge in [-0.2, -0.15) is 0 Å². The Kier molecular flexibility index (Phi) is 2.32. The first-order valence-corrected chi connectivity index (χ1v) is 3.06. The molecule has 1 aliphatic rings. The minimum Gasteiger partial charge on any atom is -0.383 e. The number of carbonyl (C=O) groups is 1. The quantitative estimate of drug-likeness (QED) is 0.546. The zero-order valence-corrected chi connectivity index (χ0v) is 5.78. The average Bonchev–Trinajstić information content (AvgIpc) is 2.03. The van der Waals surface area contributed by atoms with Gasteiger partial charge in [0.05, 0.1) is 0 Å². The molecule has 0 aliphatic carbocycles. The first kappa shape index (κ1) is 7.40. The maximum Gasteiger partial charge on any atom is 0.241 e. The van der Waals surface area contributed by atoms with E-state index in [1.54, 1.807) is 18.4 Å². The minimum atomic E-state index is -0.496. The van der Waals surface area contributed by atoms with Crippen molar-refractivity contribution in [2.24, 2.45) is 5.73 Å². The summed E-state index contributed by atoms with van der Waals surface area (Å²) in [6, 6.07) is 0. The van der Waals surface area contributed by atoms with Gasteiger partial charge in [-0.3, -0.25) is 4.79 Å². The van der Waals surface area contributed by atoms with E-state index in [1.807, 2.05) is 0 Å². The number of nitrogens with two attached hydrogens (primary N) is 1. The first-order valence-electron chi connectivity index (χ1n) is 3.06. The number of carbonyl (C=O) groups excluding carboxylic acids is 1. The molecule has 4 nitrogen and oxygen atoms in total. The van der Waals surface area contributed by atoms with E-state index in [1.165, 1.54) is 12.2 Å². The van der Waals surface area contributed by atoms with E-state index < -0.39 is 5.91 Å². The normalized spacial score (nSPS) is 15.5. The van der Waals surface area contributed by atoms with E-state index in [0.717, 1.165) is 0 Å². The second-order valence-corrected chi connectivity index (χ2v) is 1.88. The predicted octanol–water partition coefficient (Wildman–Crippen LogP) is -0.0397. The molecule has 0 unspecified atom stereocenters. The van der Waals surface area contributed by atoms with Crippen LogP contribution in [0.15, 0.2) is 36.3 Å². The molecule has 1 aliphatic heterocycles. The summed E-state index contributed by atoms with van der Waals surface area (Å²) in [6.07, 6.45) is 7.80. The fourth-order valence-electron chi connectivity index (χ4n) is 0.572. The van der Waals surface area contributed by atoms with Crippen molar-refractivity contribution in [3.8, 4) is 0 Å². The average molecular weight is 152 g/mol. The lowest BCUT2D eigenvalue weighted by Crippen LogP contribution is -2.09. The molecular formula is C7H8N2O2. The van der Waals surface area contributed by atoms with E-state index >= 15 is 0 Å². The summed E-state index contributed by atoms with van der Waals surface area (Å²) in [5.74, 6) is 0.0513. The largest absolute Gasteiger partial charge is 0.383 e. The summed E-state index contributed by atoms with van der Waals surface area (Å²) >= 11 is 0. The smallest absolute Gasteiger partial charge is 0.241 e. The summed E-state index contributed by atoms with van der Waals surface area (Å²) in [5, 5.41) is 0. The summed E-state index contributed by atoms with van der Waals surface area (Å²) in [4.78, 5) is 15.1. The van der Waals surface area contributed by atoms with Crippen molar-refractivity contribution in [3.05, 3.63) is 36.3 Å². The van der Waals surface area contributed by atoms with E-state index in [-0.39, 0.29) is 0 Å². The molecule has 4 heteroatoms. The third-order valence-electron chi connectivity index (χ3n) is 1.01. The second-order valence-electron chi connectivity index (χ2n) is 1.88. The van der Waals surface area contributed by atoms with Gasteiger partial charge in [0.1, 0.15) is 0 Å². The van der Waals surface area contributed by atoms with Crippen molar-refractivity contribution in [2.45, 2.75) is 0 Å². The van der Waals surface area contributed by atoms with Crippen LogP contribution in [0, 0.1) is 0 Å². The van der Waals surface area contributed by atoms with Gasteiger partial charge in [-0.05, 0) is 18.2 Å². The van der Waals surface area contributed by atoms with Gasteiger partial charge < -0.3 is 10.6 Å². The maximum atomic E-state index is 10.3. The highest BCUT2D eigenvalue weighted by Crippen LogP contribution is 2.00. The molecule has 1 amide bonds. The van der Waals surface area contributed by atoms with Crippen LogP contribution in [-0.4, -0.2) is 5.91 Å². The molecule has 0 bridgehead atoms. The number of amides is 1. The van der Waals surface area contributed by atoms with E-state index in [9.17, 15) is 4.79 Å². The fourth-order valence-corrected chi connectivity index (χ4v) is 0.572. The number of hydrogen-bond acceptors (Lipinski definition) is 3. The Morgan fingerprint density at radius 2 is 2.55 bits per heavy atom. The van der Waals surface area contributed by atoms with Gasteiger partial charge >= 0.3 is 0 Å². The molecule has 3 N–H and O–H groups in total. The molecule has 11 heavy (non-hydrogen) atoms. The summed E-state index contributed by atoms with van der Waals surface area (Å²) in [7, 11) is 0. The number of hydroxylamine groups is 1. The summed E-state index contributed by atoms with van der Waals surface area (Å²) < 4.78 is 0. The van der Waals surface area contributed by atoms with Crippen LogP contribution in [0.5, 0.6) is 0 Å². The molecular weight excluding hydrogens is 144 g/mol. The zero-order chi connectivity index (χ0) is 8.10. The Bertz CT molecular complexity index is 241. The van der Waals surface area contributed by atoms with Gasteiger partial charge in [-0.25, -0.2) is 5.48 Å². The monoisotopic (exact) mass is 152 g/mol. The number of primary amides is 1. The topological polar surface area (TPSA) is 64.4 Å². The number of hydrogen-bond donors (Lipinski definition) is 2. The Morgan fingerprint density at radius 1 is 1.73 bits per heavy atom. The molecule has 1 rings (SSSR count). The Balaban J connectivity index is 2.54. The van der Waals surface area contributed by atoms with Crippen LogP contribution in [-0.2, 0) is 9.63 Å². The maximum absolute atomic E-state index is 10.3. The van der Waals surface area contributed by atoms with Crippen LogP contribution in [0.2, 0.25) is 0 Å². The van der Waals surface area contributed by atoms with E-state index in [0.29, 0.717) is 5.76 Å². The van der Waals surface area contributed by atoms with Crippen molar-refractivity contribution in [1.82, 2.24) is 5.48 Å². The highest BCUT2D eigenvalue weighted by Gasteiger charge is 1.94. The summed E-state index contributed by atoms with van der Waals surface area (Å²) in [6.45, 7) is 0. The van der Waals surface area contributed by atoms with Crippen molar-refractivity contribution in [3.63, 3.8) is 0 Å². The Labute approximate surface area is 64.0 Å². The fraction of sp³-hybridized carbons (Fsp3) is 0. The first-order chi connectivity index (χ1) is 5.29. The van der Waals surface area contributed by atoms with Gasteiger partial charge in [-0.1, -0.05) is 0 Å². The number of allylic oxidation sites excluding steroid dienone is 3. The standard InChI is InChI=1S/C7H8N2O2/c8-7(10)4-3-6-2-1-5-9-11-6/h1-5,9H,(H2,8,10). The van der Waals surface area contributed by atoms with Crippen molar-refractivity contribution in [2.75, 3.05) is 0 Å². The Morgan fingerprint density at radius 3 is 3.09 bits per heavy atom. The minimum absolute atomic E-state index is 0.496. The third-order valence-corrected chi connectivity index (χ3v) is 1.01. The van der Waals surface area contributed by atoms with Gasteiger partial charge in [-0.15, -0.1) is 0 Å². The molecule has 0 saturated heterocycles. The lowest BCUT2D eigenvalue weighted by Gasteiger charge is -2.06. The van der Waals surface area contributed by atoms with E-state index in [4.69, 9.17) is 10.6 Å². The summed E-state index contributed by atoms with van der Waals surface area (Å²) in [5.41, 5.74) is 7.37. The highest BCUT2D eigenvalue weighted by atomic mass is 16.6. The van der Waals surface area contributed by atoms with Crippen LogP contribution in [0.4, 0.5) is 0 Å². The molecule has 0 saturated carbocycles.